The van der Waals surface area contributed by atoms with Crippen molar-refractivity contribution in [2.45, 2.75) is 37.3 Å². The molecule has 8 heteroatoms. The number of nitrogens with one attached hydrogen (secondary N) is 1. The third-order valence-electron chi connectivity index (χ3n) is 5.81. The first-order valence-electron chi connectivity index (χ1n) is 11.5. The summed E-state index contributed by atoms with van der Waals surface area (Å²) >= 11 is 7.58. The summed E-state index contributed by atoms with van der Waals surface area (Å²) in [5.41, 5.74) is 1.33. The lowest BCUT2D eigenvalue weighted by Gasteiger charge is -2.14. The lowest BCUT2D eigenvalue weighted by molar-refractivity contribution is -0.121. The molecule has 1 aromatic heterocycles. The first kappa shape index (κ1) is 23.8. The summed E-state index contributed by atoms with van der Waals surface area (Å²) in [6, 6.07) is 14.6. The molecule has 2 heterocycles. The van der Waals surface area contributed by atoms with Crippen LogP contribution in [-0.2, 0) is 4.79 Å². The predicted octanol–water partition coefficient (Wildman–Crippen LogP) is 4.51. The second kappa shape index (κ2) is 11.7. The van der Waals surface area contributed by atoms with Crippen LogP contribution in [0.1, 0.15) is 32.1 Å². The van der Waals surface area contributed by atoms with Crippen molar-refractivity contribution in [2.75, 3.05) is 31.9 Å². The van der Waals surface area contributed by atoms with Gasteiger partial charge in [0, 0.05) is 30.3 Å². The maximum Gasteiger partial charge on any atom is 0.266 e. The lowest BCUT2D eigenvalue weighted by Crippen LogP contribution is -2.33. The van der Waals surface area contributed by atoms with Gasteiger partial charge in [-0.2, -0.15) is 0 Å². The third kappa shape index (κ3) is 6.37. The molecule has 0 unspecified atom stereocenters. The molecule has 0 spiro atoms. The highest BCUT2D eigenvalue weighted by molar-refractivity contribution is 7.99. The molecule has 174 valence electrons. The van der Waals surface area contributed by atoms with Gasteiger partial charge in [0.1, 0.15) is 0 Å². The Bertz CT molecular complexity index is 1140. The zero-order valence-electron chi connectivity index (χ0n) is 18.6. The highest BCUT2D eigenvalue weighted by Crippen LogP contribution is 2.23. The number of unbranched alkanes of at least 4 members (excludes halogenated alkanes) is 1. The molecule has 0 aliphatic carbocycles. The van der Waals surface area contributed by atoms with Crippen LogP contribution in [-0.4, -0.2) is 52.3 Å². The van der Waals surface area contributed by atoms with Crippen LogP contribution in [0.5, 0.6) is 0 Å². The Morgan fingerprint density at radius 2 is 1.82 bits per heavy atom. The Labute approximate surface area is 203 Å². The topological polar surface area (TPSA) is 67.2 Å². The highest BCUT2D eigenvalue weighted by Gasteiger charge is 2.14. The number of aromatic nitrogens is 2. The third-order valence-corrected chi connectivity index (χ3v) is 7.08. The molecule has 6 nitrogen and oxygen atoms in total. The minimum atomic E-state index is -0.0946. The Kier molecular flexibility index (Phi) is 8.42. The molecule has 33 heavy (non-hydrogen) atoms. The SMILES string of the molecule is O=C(CCCCSc1nc2ccccc2c(=O)n1-c1ccc(Cl)cc1)NCCN1CCCC1. The molecule has 1 aliphatic heterocycles. The number of benzene rings is 2. The summed E-state index contributed by atoms with van der Waals surface area (Å²) in [4.78, 5) is 32.5. The highest BCUT2D eigenvalue weighted by atomic mass is 35.5. The van der Waals surface area contributed by atoms with Crippen molar-refractivity contribution >= 4 is 40.2 Å². The molecule has 1 fully saturated rings. The molecule has 2 aromatic carbocycles. The molecule has 3 aromatic rings. The number of hydrogen-bond donors (Lipinski definition) is 1. The lowest BCUT2D eigenvalue weighted by atomic mass is 10.2. The van der Waals surface area contributed by atoms with E-state index in [-0.39, 0.29) is 11.5 Å². The van der Waals surface area contributed by atoms with Crippen molar-refractivity contribution < 1.29 is 4.79 Å². The van der Waals surface area contributed by atoms with Crippen LogP contribution in [0.2, 0.25) is 5.02 Å². The van der Waals surface area contributed by atoms with Crippen LogP contribution in [0.25, 0.3) is 16.6 Å². The Morgan fingerprint density at radius 3 is 2.61 bits per heavy atom. The number of amides is 1. The number of rotatable bonds is 10. The fourth-order valence-electron chi connectivity index (χ4n) is 4.03. The molecule has 1 N–H and O–H groups in total. The van der Waals surface area contributed by atoms with Crippen molar-refractivity contribution in [3.05, 3.63) is 63.9 Å². The predicted molar refractivity (Wildman–Crippen MR) is 136 cm³/mol. The van der Waals surface area contributed by atoms with E-state index in [0.717, 1.165) is 50.5 Å². The average molecular weight is 485 g/mol. The number of carbonyl (C=O) groups excluding carboxylic acids is 1. The average Bonchev–Trinajstić information content (AvgIpc) is 3.33. The second-order valence-corrected chi connectivity index (χ2v) is 9.73. The normalized spacial score (nSPS) is 14.1. The number of thioether (sulfide) groups is 1. The molecule has 1 saturated heterocycles. The number of halogens is 1. The van der Waals surface area contributed by atoms with Crippen molar-refractivity contribution in [3.8, 4) is 5.69 Å². The first-order chi connectivity index (χ1) is 16.1. The van der Waals surface area contributed by atoms with Crippen molar-refractivity contribution in [3.63, 3.8) is 0 Å². The quantitative estimate of drug-likeness (QED) is 0.260. The van der Waals surface area contributed by atoms with Gasteiger partial charge in [-0.3, -0.25) is 14.2 Å². The zero-order chi connectivity index (χ0) is 23.0. The van der Waals surface area contributed by atoms with Crippen LogP contribution in [0, 0.1) is 0 Å². The standard InChI is InChI=1S/C25H29ClN4O2S/c26-19-10-12-20(13-11-19)30-24(32)21-7-1-2-8-22(21)28-25(30)33-18-6-3-9-23(31)27-14-17-29-15-4-5-16-29/h1-2,7-8,10-13H,3-6,9,14-18H2,(H,27,31). The molecule has 0 saturated carbocycles. The summed E-state index contributed by atoms with van der Waals surface area (Å²) in [7, 11) is 0. The minimum Gasteiger partial charge on any atom is -0.355 e. The van der Waals surface area contributed by atoms with Gasteiger partial charge >= 0.3 is 0 Å². The molecule has 1 aliphatic rings. The summed E-state index contributed by atoms with van der Waals surface area (Å²) in [6.07, 6.45) is 4.73. The molecular formula is C25H29ClN4O2S. The molecule has 0 bridgehead atoms. The van der Waals surface area contributed by atoms with Gasteiger partial charge in [0.2, 0.25) is 5.91 Å². The molecule has 1 amide bonds. The fraction of sp³-hybridized carbons (Fsp3) is 0.400. The van der Waals surface area contributed by atoms with Crippen LogP contribution >= 0.6 is 23.4 Å². The summed E-state index contributed by atoms with van der Waals surface area (Å²) in [5, 5.41) is 4.88. The Hall–Kier alpha value is -2.35. The van der Waals surface area contributed by atoms with E-state index in [4.69, 9.17) is 16.6 Å². The zero-order valence-corrected chi connectivity index (χ0v) is 20.2. The molecule has 0 radical (unpaired) electrons. The maximum atomic E-state index is 13.2. The van der Waals surface area contributed by atoms with E-state index in [1.54, 1.807) is 34.5 Å². The first-order valence-corrected chi connectivity index (χ1v) is 12.9. The van der Waals surface area contributed by atoms with E-state index in [0.29, 0.717) is 27.5 Å². The minimum absolute atomic E-state index is 0.0946. The maximum absolute atomic E-state index is 13.2. The molecular weight excluding hydrogens is 456 g/mol. The van der Waals surface area contributed by atoms with Crippen molar-refractivity contribution in [1.29, 1.82) is 0 Å². The summed E-state index contributed by atoms with van der Waals surface area (Å²) in [6.45, 7) is 3.97. The van der Waals surface area contributed by atoms with Gasteiger partial charge in [0.25, 0.3) is 5.56 Å². The Balaban J connectivity index is 1.34. The second-order valence-electron chi connectivity index (χ2n) is 8.23. The van der Waals surface area contributed by atoms with Gasteiger partial charge in [-0.15, -0.1) is 0 Å². The van der Waals surface area contributed by atoms with E-state index >= 15 is 0 Å². The molecule has 0 atom stereocenters. The van der Waals surface area contributed by atoms with E-state index < -0.39 is 0 Å². The monoisotopic (exact) mass is 484 g/mol. The number of para-hydroxylation sites is 1. The van der Waals surface area contributed by atoms with E-state index in [2.05, 4.69) is 10.2 Å². The van der Waals surface area contributed by atoms with Crippen LogP contribution in [0.15, 0.2) is 58.5 Å². The number of fused-ring (bicyclic) bond motifs is 1. The number of hydrogen-bond acceptors (Lipinski definition) is 5. The van der Waals surface area contributed by atoms with Gasteiger partial charge in [-0.25, -0.2) is 4.98 Å². The largest absolute Gasteiger partial charge is 0.355 e. The van der Waals surface area contributed by atoms with Crippen molar-refractivity contribution in [1.82, 2.24) is 19.8 Å². The summed E-state index contributed by atoms with van der Waals surface area (Å²) < 4.78 is 1.65. The number of carbonyl (C=O) groups is 1. The van der Waals surface area contributed by atoms with Crippen LogP contribution in [0.3, 0.4) is 0 Å². The smallest absolute Gasteiger partial charge is 0.266 e. The van der Waals surface area contributed by atoms with Gasteiger partial charge in [0.05, 0.1) is 16.6 Å². The van der Waals surface area contributed by atoms with Crippen LogP contribution < -0.4 is 10.9 Å². The van der Waals surface area contributed by atoms with Gasteiger partial charge in [-0.1, -0.05) is 35.5 Å². The van der Waals surface area contributed by atoms with E-state index in [1.165, 1.54) is 12.8 Å². The van der Waals surface area contributed by atoms with Gasteiger partial charge < -0.3 is 10.2 Å². The Morgan fingerprint density at radius 1 is 1.06 bits per heavy atom. The van der Waals surface area contributed by atoms with Crippen molar-refractivity contribution in [2.24, 2.45) is 0 Å². The summed E-state index contributed by atoms with van der Waals surface area (Å²) in [5.74, 6) is 0.889. The van der Waals surface area contributed by atoms with E-state index in [1.807, 2.05) is 30.3 Å². The van der Waals surface area contributed by atoms with Crippen LogP contribution in [0.4, 0.5) is 0 Å². The van der Waals surface area contributed by atoms with Gasteiger partial charge in [0.15, 0.2) is 5.16 Å². The number of likely N-dealkylation sites (tertiary alicyclic amines) is 1. The molecule has 4 rings (SSSR count). The van der Waals surface area contributed by atoms with E-state index in [9.17, 15) is 9.59 Å². The number of nitrogens with zero attached hydrogens (tertiary/aromatic N) is 3. The fourth-order valence-corrected chi connectivity index (χ4v) is 5.16. The van der Waals surface area contributed by atoms with Gasteiger partial charge in [-0.05, 0) is 75.2 Å².